The summed E-state index contributed by atoms with van der Waals surface area (Å²) in [6, 6.07) is 9.50. The Morgan fingerprint density at radius 1 is 1.31 bits per heavy atom. The van der Waals surface area contributed by atoms with E-state index in [1.165, 1.54) is 0 Å². The van der Waals surface area contributed by atoms with Gasteiger partial charge in [0.15, 0.2) is 0 Å². The van der Waals surface area contributed by atoms with Crippen LogP contribution in [0.2, 0.25) is 0 Å². The number of ether oxygens (including phenoxy) is 1. The molecular weight excluding hydrogens is 260 g/mol. The van der Waals surface area contributed by atoms with Crippen LogP contribution in [0, 0.1) is 12.3 Å². The van der Waals surface area contributed by atoms with Gasteiger partial charge in [-0.3, -0.25) is 0 Å². The van der Waals surface area contributed by atoms with Crippen LogP contribution in [0.25, 0.3) is 0 Å². The Balaban J connectivity index is 0.000000424. The van der Waals surface area contributed by atoms with E-state index in [0.29, 0.717) is 6.61 Å². The summed E-state index contributed by atoms with van der Waals surface area (Å²) in [5.41, 5.74) is 0. The standard InChI is InChI=1S/C9H8O.2ClH.Zn/c1-2-8-10-9-6-4-3-5-7-9;;;/h1,3-7H,8H2;2*1H;/q;;;+2/p-2. The molecule has 0 N–H and O–H groups in total. The summed E-state index contributed by atoms with van der Waals surface area (Å²) in [4.78, 5) is 0. The second-order valence-corrected chi connectivity index (χ2v) is 6.53. The summed E-state index contributed by atoms with van der Waals surface area (Å²) in [5.74, 6) is 3.21. The van der Waals surface area contributed by atoms with Crippen LogP contribution in [-0.2, 0) is 15.1 Å². The Labute approximate surface area is 94.1 Å². The van der Waals surface area contributed by atoms with Crippen molar-refractivity contribution < 1.29 is 19.9 Å². The summed E-state index contributed by atoms with van der Waals surface area (Å²) < 4.78 is 5.12. The number of benzene rings is 1. The molecule has 0 unspecified atom stereocenters. The number of para-hydroxylation sites is 1. The fourth-order valence-electron chi connectivity index (χ4n) is 0.642. The van der Waals surface area contributed by atoms with Crippen molar-refractivity contribution in [2.75, 3.05) is 6.61 Å². The molecule has 1 rings (SSSR count). The number of terminal acetylenes is 1. The molecule has 0 amide bonds. The molecule has 0 spiro atoms. The van der Waals surface area contributed by atoms with Crippen LogP contribution >= 0.6 is 19.4 Å². The van der Waals surface area contributed by atoms with E-state index >= 15 is 0 Å². The number of halogens is 2. The van der Waals surface area contributed by atoms with Crippen LogP contribution in [-0.4, -0.2) is 6.61 Å². The van der Waals surface area contributed by atoms with E-state index < -0.39 is 15.1 Å². The minimum atomic E-state index is -0.931. The normalized spacial score (nSPS) is 7.15. The summed E-state index contributed by atoms with van der Waals surface area (Å²) in [5, 5.41) is 0. The van der Waals surface area contributed by atoms with Gasteiger partial charge < -0.3 is 4.74 Å². The summed E-state index contributed by atoms with van der Waals surface area (Å²) in [6.45, 7) is 0.337. The van der Waals surface area contributed by atoms with Crippen molar-refractivity contribution in [1.82, 2.24) is 0 Å². The van der Waals surface area contributed by atoms with Gasteiger partial charge in [-0.25, -0.2) is 0 Å². The monoisotopic (exact) mass is 266 g/mol. The molecule has 0 atom stereocenters. The average molecular weight is 268 g/mol. The average Bonchev–Trinajstić information content (AvgIpc) is 2.18. The van der Waals surface area contributed by atoms with E-state index in [4.69, 9.17) is 30.5 Å². The molecule has 1 aromatic rings. The second-order valence-electron chi connectivity index (χ2n) is 1.91. The Morgan fingerprint density at radius 3 is 2.31 bits per heavy atom. The van der Waals surface area contributed by atoms with E-state index in [1.807, 2.05) is 30.3 Å². The maximum absolute atomic E-state index is 5.12. The molecule has 0 aliphatic rings. The maximum atomic E-state index is 5.12. The Hall–Kier alpha value is -0.217. The zero-order valence-corrected chi connectivity index (χ0v) is 11.5. The molecule has 0 saturated carbocycles. The van der Waals surface area contributed by atoms with Gasteiger partial charge in [-0.05, 0) is 12.1 Å². The molecule has 0 radical (unpaired) electrons. The van der Waals surface area contributed by atoms with E-state index in [2.05, 4.69) is 5.92 Å². The first kappa shape index (κ1) is 12.8. The number of hydrogen-bond acceptors (Lipinski definition) is 1. The molecule has 66 valence electrons. The van der Waals surface area contributed by atoms with E-state index in [-0.39, 0.29) is 0 Å². The first-order valence-electron chi connectivity index (χ1n) is 3.58. The van der Waals surface area contributed by atoms with E-state index in [9.17, 15) is 0 Å². The quantitative estimate of drug-likeness (QED) is 0.592. The third-order valence-corrected chi connectivity index (χ3v) is 1.07. The van der Waals surface area contributed by atoms with E-state index in [1.54, 1.807) is 0 Å². The van der Waals surface area contributed by atoms with Gasteiger partial charge in [-0.2, -0.15) is 0 Å². The third-order valence-electron chi connectivity index (χ3n) is 1.07. The van der Waals surface area contributed by atoms with Crippen LogP contribution in [0.5, 0.6) is 5.75 Å². The molecule has 0 heterocycles. The zero-order chi connectivity index (χ0) is 9.94. The second kappa shape index (κ2) is 9.87. The molecule has 0 aromatic heterocycles. The van der Waals surface area contributed by atoms with Crippen LogP contribution < -0.4 is 4.74 Å². The van der Waals surface area contributed by atoms with Gasteiger partial charge in [0, 0.05) is 0 Å². The molecule has 1 aromatic carbocycles. The van der Waals surface area contributed by atoms with Crippen molar-refractivity contribution in [3.8, 4) is 18.1 Å². The van der Waals surface area contributed by atoms with Gasteiger partial charge in [0.05, 0.1) is 0 Å². The first-order chi connectivity index (χ1) is 6.35. The van der Waals surface area contributed by atoms with Gasteiger partial charge in [0.1, 0.15) is 12.4 Å². The Bertz CT molecular complexity index is 246. The van der Waals surface area contributed by atoms with Crippen molar-refractivity contribution in [3.05, 3.63) is 30.3 Å². The Morgan fingerprint density at radius 2 is 1.85 bits per heavy atom. The van der Waals surface area contributed by atoms with Crippen molar-refractivity contribution in [2.24, 2.45) is 0 Å². The number of hydrogen-bond donors (Lipinski definition) is 0. The molecule has 1 nitrogen and oxygen atoms in total. The topological polar surface area (TPSA) is 9.23 Å². The zero-order valence-electron chi connectivity index (χ0n) is 7.04. The molecule has 13 heavy (non-hydrogen) atoms. The number of rotatable bonds is 2. The van der Waals surface area contributed by atoms with Crippen molar-refractivity contribution in [1.29, 1.82) is 0 Å². The molecule has 0 fully saturated rings. The molecule has 0 aliphatic carbocycles. The predicted molar refractivity (Wildman–Crippen MR) is 52.5 cm³/mol. The molecule has 0 saturated heterocycles. The minimum absolute atomic E-state index is 0.337. The van der Waals surface area contributed by atoms with Gasteiger partial charge in [-0.1, -0.05) is 24.1 Å². The van der Waals surface area contributed by atoms with E-state index in [0.717, 1.165) is 5.75 Å². The molecule has 0 bridgehead atoms. The summed E-state index contributed by atoms with van der Waals surface area (Å²) in [7, 11) is 9.90. The van der Waals surface area contributed by atoms with Crippen LogP contribution in [0.15, 0.2) is 30.3 Å². The van der Waals surface area contributed by atoms with Crippen LogP contribution in [0.1, 0.15) is 0 Å². The predicted octanol–water partition coefficient (Wildman–Crippen LogP) is 3.08. The van der Waals surface area contributed by atoms with Crippen molar-refractivity contribution in [2.45, 2.75) is 0 Å². The fourth-order valence-corrected chi connectivity index (χ4v) is 0.642. The van der Waals surface area contributed by atoms with Crippen LogP contribution in [0.4, 0.5) is 0 Å². The molecule has 0 aliphatic heterocycles. The molecular formula is C9H8Cl2OZn. The first-order valence-corrected chi connectivity index (χ1v) is 11.4. The van der Waals surface area contributed by atoms with Crippen LogP contribution in [0.3, 0.4) is 0 Å². The summed E-state index contributed by atoms with van der Waals surface area (Å²) >= 11 is -0.931. The Kier molecular flexibility index (Phi) is 9.70. The van der Waals surface area contributed by atoms with Crippen molar-refractivity contribution >= 4 is 19.4 Å². The van der Waals surface area contributed by atoms with Gasteiger partial charge in [0.2, 0.25) is 0 Å². The van der Waals surface area contributed by atoms with Gasteiger partial charge >= 0.3 is 34.5 Å². The van der Waals surface area contributed by atoms with Gasteiger partial charge in [0.25, 0.3) is 0 Å². The van der Waals surface area contributed by atoms with Gasteiger partial charge in [-0.15, -0.1) is 6.42 Å². The molecule has 4 heteroatoms. The van der Waals surface area contributed by atoms with Crippen molar-refractivity contribution in [3.63, 3.8) is 0 Å². The fraction of sp³-hybridized carbons (Fsp3) is 0.111. The SMILES string of the molecule is C#CCOc1ccccc1.[Cl][Zn][Cl]. The third kappa shape index (κ3) is 8.12. The summed E-state index contributed by atoms with van der Waals surface area (Å²) in [6.07, 6.45) is 5.00.